The molecule has 3 aliphatic heterocycles. The maximum atomic E-state index is 12.9. The van der Waals surface area contributed by atoms with Crippen molar-refractivity contribution < 1.29 is 23.8 Å². The fourth-order valence-electron chi connectivity index (χ4n) is 7.39. The normalized spacial score (nSPS) is 48.9. The Hall–Kier alpha value is -1.14. The molecule has 8 atom stereocenters. The lowest BCUT2D eigenvalue weighted by molar-refractivity contribution is -0.150. The third-order valence-electron chi connectivity index (χ3n) is 8.77. The average molecular weight is 406 g/mol. The second-order valence-corrected chi connectivity index (χ2v) is 10.4. The number of carbonyl (C=O) groups excluding carboxylic acids is 2. The number of ether oxygens (including phenoxy) is 3. The summed E-state index contributed by atoms with van der Waals surface area (Å²) in [6, 6.07) is 0. The minimum absolute atomic E-state index is 0.00549. The van der Waals surface area contributed by atoms with Gasteiger partial charge in [-0.2, -0.15) is 0 Å². The number of fused-ring (bicyclic) bond motifs is 2. The van der Waals surface area contributed by atoms with Crippen molar-refractivity contribution in [1.82, 2.24) is 4.90 Å². The summed E-state index contributed by atoms with van der Waals surface area (Å²) >= 11 is 0. The number of hydrogen-bond acceptors (Lipinski definition) is 6. The summed E-state index contributed by atoms with van der Waals surface area (Å²) in [5.74, 6) is 0.347. The molecule has 2 saturated carbocycles. The van der Waals surface area contributed by atoms with Crippen LogP contribution < -0.4 is 0 Å². The van der Waals surface area contributed by atoms with Crippen molar-refractivity contribution in [2.75, 3.05) is 26.2 Å². The topological polar surface area (TPSA) is 68.4 Å². The van der Waals surface area contributed by atoms with E-state index >= 15 is 0 Å². The number of nitrogens with zero attached hydrogens (tertiary/aromatic N) is 1. The highest BCUT2D eigenvalue weighted by Gasteiger charge is 2.78. The van der Waals surface area contributed by atoms with E-state index in [9.17, 15) is 9.59 Å². The zero-order chi connectivity index (χ0) is 20.4. The first-order chi connectivity index (χ1) is 13.9. The number of likely N-dealkylation sites (tertiary alicyclic amines) is 1. The van der Waals surface area contributed by atoms with Gasteiger partial charge in [0.25, 0.3) is 0 Å². The van der Waals surface area contributed by atoms with Gasteiger partial charge in [0.15, 0.2) is 0 Å². The van der Waals surface area contributed by atoms with Crippen LogP contribution in [0.15, 0.2) is 0 Å². The first kappa shape index (κ1) is 19.8. The van der Waals surface area contributed by atoms with E-state index in [1.165, 1.54) is 19.3 Å². The number of esters is 2. The Morgan fingerprint density at radius 2 is 2.14 bits per heavy atom. The Labute approximate surface area is 173 Å². The van der Waals surface area contributed by atoms with Crippen molar-refractivity contribution in [1.29, 1.82) is 0 Å². The molecule has 6 nitrogen and oxygen atoms in total. The lowest BCUT2D eigenvalue weighted by Crippen LogP contribution is -2.55. The number of epoxide rings is 1. The van der Waals surface area contributed by atoms with Gasteiger partial charge in [0.1, 0.15) is 11.7 Å². The van der Waals surface area contributed by atoms with Gasteiger partial charge in [0.05, 0.1) is 24.5 Å². The highest BCUT2D eigenvalue weighted by Crippen LogP contribution is 2.70. The molecule has 0 aromatic heterocycles. The molecule has 6 heteroatoms. The highest BCUT2D eigenvalue weighted by atomic mass is 16.6. The van der Waals surface area contributed by atoms with Gasteiger partial charge in [-0.25, -0.2) is 0 Å². The zero-order valence-corrected chi connectivity index (χ0v) is 18.0. The third-order valence-corrected chi connectivity index (χ3v) is 8.77. The van der Waals surface area contributed by atoms with Crippen LogP contribution in [0.5, 0.6) is 0 Å². The van der Waals surface area contributed by atoms with Crippen molar-refractivity contribution in [3.05, 3.63) is 0 Å². The van der Waals surface area contributed by atoms with Gasteiger partial charge in [-0.3, -0.25) is 9.59 Å². The standard InChI is InChI=1S/C23H35NO5/c1-4-27-20(25)15-8-6-10-24(12-15)13-16-18-17(28-21(16)26)11-22(3)9-5-7-14(2)23(22)19(18)29-23/h14-19H,4-13H2,1-3H3/t14?,15?,16?,17?,18?,19?,22-,23+/m1/s1. The minimum Gasteiger partial charge on any atom is -0.466 e. The van der Waals surface area contributed by atoms with Crippen molar-refractivity contribution in [3.63, 3.8) is 0 Å². The summed E-state index contributed by atoms with van der Waals surface area (Å²) in [7, 11) is 0. The largest absolute Gasteiger partial charge is 0.466 e. The van der Waals surface area contributed by atoms with Gasteiger partial charge in [-0.15, -0.1) is 0 Å². The Morgan fingerprint density at radius 1 is 1.31 bits per heavy atom. The molecule has 5 rings (SSSR count). The van der Waals surface area contributed by atoms with Crippen LogP contribution in [0.25, 0.3) is 0 Å². The van der Waals surface area contributed by atoms with E-state index in [-0.39, 0.29) is 52.9 Å². The molecule has 0 aromatic rings. The summed E-state index contributed by atoms with van der Waals surface area (Å²) in [6.07, 6.45) is 6.57. The van der Waals surface area contributed by atoms with Gasteiger partial charge in [0.2, 0.25) is 0 Å². The Bertz CT molecular complexity index is 697. The SMILES string of the molecule is CCOC(=O)C1CCCN(CC2C(=O)OC3C[C@@]4(C)CCCC(C)[C@@]45OC5C32)C1. The summed E-state index contributed by atoms with van der Waals surface area (Å²) in [4.78, 5) is 27.4. The van der Waals surface area contributed by atoms with Gasteiger partial charge in [0, 0.05) is 24.4 Å². The molecule has 3 heterocycles. The van der Waals surface area contributed by atoms with E-state index in [0.717, 1.165) is 25.8 Å². The molecule has 0 radical (unpaired) electrons. The van der Waals surface area contributed by atoms with E-state index < -0.39 is 0 Å². The third kappa shape index (κ3) is 2.88. The maximum Gasteiger partial charge on any atom is 0.311 e. The van der Waals surface area contributed by atoms with Crippen LogP contribution >= 0.6 is 0 Å². The lowest BCUT2D eigenvalue weighted by Gasteiger charge is -2.49. The highest BCUT2D eigenvalue weighted by molar-refractivity contribution is 5.76. The van der Waals surface area contributed by atoms with Crippen molar-refractivity contribution >= 4 is 11.9 Å². The average Bonchev–Trinajstić information content (AvgIpc) is 3.37. The van der Waals surface area contributed by atoms with Crippen LogP contribution in [0, 0.1) is 29.1 Å². The molecule has 2 aliphatic carbocycles. The zero-order valence-electron chi connectivity index (χ0n) is 18.0. The Balaban J connectivity index is 1.31. The number of carbonyl (C=O) groups is 2. The van der Waals surface area contributed by atoms with Gasteiger partial charge in [-0.1, -0.05) is 20.3 Å². The van der Waals surface area contributed by atoms with Crippen LogP contribution in [0.3, 0.4) is 0 Å². The molecule has 29 heavy (non-hydrogen) atoms. The smallest absolute Gasteiger partial charge is 0.311 e. The quantitative estimate of drug-likeness (QED) is 0.529. The van der Waals surface area contributed by atoms with Crippen molar-refractivity contribution in [3.8, 4) is 0 Å². The molecule has 1 spiro atoms. The summed E-state index contributed by atoms with van der Waals surface area (Å²) in [5.41, 5.74) is 0.0831. The van der Waals surface area contributed by atoms with Gasteiger partial charge in [-0.05, 0) is 51.5 Å². The monoisotopic (exact) mass is 405 g/mol. The van der Waals surface area contributed by atoms with Crippen LogP contribution in [0.2, 0.25) is 0 Å². The van der Waals surface area contributed by atoms with Crippen LogP contribution in [0.4, 0.5) is 0 Å². The Morgan fingerprint density at radius 3 is 2.93 bits per heavy atom. The molecule has 0 N–H and O–H groups in total. The van der Waals surface area contributed by atoms with E-state index in [4.69, 9.17) is 14.2 Å². The first-order valence-electron chi connectivity index (χ1n) is 11.7. The molecule has 5 fully saturated rings. The predicted molar refractivity (Wildman–Crippen MR) is 106 cm³/mol. The summed E-state index contributed by atoms with van der Waals surface area (Å²) < 4.78 is 17.7. The van der Waals surface area contributed by atoms with Crippen LogP contribution in [-0.2, 0) is 23.8 Å². The number of hydrogen-bond donors (Lipinski definition) is 0. The molecule has 0 bridgehead atoms. The van der Waals surface area contributed by atoms with E-state index in [1.807, 2.05) is 6.92 Å². The minimum atomic E-state index is -0.135. The first-order valence-corrected chi connectivity index (χ1v) is 11.7. The van der Waals surface area contributed by atoms with E-state index in [1.54, 1.807) is 0 Å². The number of piperidine rings is 1. The van der Waals surface area contributed by atoms with Crippen molar-refractivity contribution in [2.45, 2.75) is 77.1 Å². The second-order valence-electron chi connectivity index (χ2n) is 10.4. The predicted octanol–water partition coefficient (Wildman–Crippen LogP) is 2.79. The summed E-state index contributed by atoms with van der Waals surface area (Å²) in [5, 5.41) is 0. The Kier molecular flexibility index (Phi) is 4.74. The molecule has 5 aliphatic rings. The van der Waals surface area contributed by atoms with E-state index in [0.29, 0.717) is 25.6 Å². The fraction of sp³-hybridized carbons (Fsp3) is 0.913. The molecule has 162 valence electrons. The number of rotatable bonds is 4. The van der Waals surface area contributed by atoms with Crippen LogP contribution in [-0.4, -0.2) is 60.9 Å². The molecule has 0 aromatic carbocycles. The van der Waals surface area contributed by atoms with Crippen LogP contribution in [0.1, 0.15) is 59.3 Å². The molecule has 3 saturated heterocycles. The molecular formula is C23H35NO5. The van der Waals surface area contributed by atoms with Gasteiger partial charge >= 0.3 is 11.9 Å². The summed E-state index contributed by atoms with van der Waals surface area (Å²) in [6.45, 7) is 9.25. The molecular weight excluding hydrogens is 370 g/mol. The molecule has 0 amide bonds. The van der Waals surface area contributed by atoms with Crippen molar-refractivity contribution in [2.24, 2.45) is 29.1 Å². The fourth-order valence-corrected chi connectivity index (χ4v) is 7.39. The maximum absolute atomic E-state index is 12.9. The molecule has 6 unspecified atom stereocenters. The van der Waals surface area contributed by atoms with E-state index in [2.05, 4.69) is 18.7 Å². The lowest BCUT2D eigenvalue weighted by atomic mass is 9.53. The second kappa shape index (κ2) is 6.94. The van der Waals surface area contributed by atoms with Gasteiger partial charge < -0.3 is 19.1 Å².